The maximum Gasteiger partial charge on any atom is 0.273 e. The van der Waals surface area contributed by atoms with Crippen molar-refractivity contribution in [3.05, 3.63) is 34.5 Å². The highest BCUT2D eigenvalue weighted by molar-refractivity contribution is 7.80. The summed E-state index contributed by atoms with van der Waals surface area (Å²) in [5.74, 6) is -0.556. The van der Waals surface area contributed by atoms with Crippen LogP contribution in [0.3, 0.4) is 0 Å². The molecule has 0 unspecified atom stereocenters. The number of carbonyl (C=O) groups excluding carboxylic acids is 2. The van der Waals surface area contributed by atoms with Crippen LogP contribution in [0.4, 0.5) is 0 Å². The van der Waals surface area contributed by atoms with E-state index in [-0.39, 0.29) is 17.6 Å². The Bertz CT molecular complexity index is 630. The van der Waals surface area contributed by atoms with Gasteiger partial charge in [0.2, 0.25) is 0 Å². The number of primary amides is 1. The van der Waals surface area contributed by atoms with E-state index in [9.17, 15) is 9.59 Å². The predicted molar refractivity (Wildman–Crippen MR) is 78.0 cm³/mol. The van der Waals surface area contributed by atoms with E-state index in [2.05, 4.69) is 10.6 Å². The van der Waals surface area contributed by atoms with Gasteiger partial charge in [0.25, 0.3) is 11.8 Å². The van der Waals surface area contributed by atoms with Crippen molar-refractivity contribution in [2.45, 2.75) is 0 Å². The van der Waals surface area contributed by atoms with E-state index in [1.165, 1.54) is 0 Å². The van der Waals surface area contributed by atoms with Crippen molar-refractivity contribution < 1.29 is 14.3 Å². The van der Waals surface area contributed by atoms with E-state index in [1.807, 2.05) is 0 Å². The summed E-state index contributed by atoms with van der Waals surface area (Å²) in [6, 6.07) is 4.87. The molecule has 1 aromatic carbocycles. The molecule has 6 nitrogen and oxygen atoms in total. The Morgan fingerprint density at radius 1 is 1.45 bits per heavy atom. The van der Waals surface area contributed by atoms with Crippen LogP contribution in [0.5, 0.6) is 5.75 Å². The molecule has 104 valence electrons. The van der Waals surface area contributed by atoms with Crippen LogP contribution in [0.15, 0.2) is 23.9 Å². The summed E-state index contributed by atoms with van der Waals surface area (Å²) < 4.78 is 5.12. The number of nitrogens with two attached hydrogens (primary N) is 1. The number of ether oxygens (including phenoxy) is 1. The van der Waals surface area contributed by atoms with Crippen molar-refractivity contribution in [3.63, 3.8) is 0 Å². The van der Waals surface area contributed by atoms with Crippen LogP contribution in [0.25, 0.3) is 6.08 Å². The quantitative estimate of drug-likeness (QED) is 0.558. The highest BCUT2D eigenvalue weighted by atomic mass is 35.5. The standard InChI is InChI=1S/C12H10ClN3O3S/c13-7-3-6(1-2-9(7)19-5-10(14)17)4-8-11(18)16-12(20)15-8/h1-4H,5H2,(H2,14,17)(H2,15,16,18,20). The molecular weight excluding hydrogens is 302 g/mol. The van der Waals surface area contributed by atoms with Crippen molar-refractivity contribution in [1.82, 2.24) is 10.6 Å². The third kappa shape index (κ3) is 3.46. The average molecular weight is 312 g/mol. The molecule has 2 rings (SSSR count). The summed E-state index contributed by atoms with van der Waals surface area (Å²) >= 11 is 10.8. The van der Waals surface area contributed by atoms with Crippen molar-refractivity contribution in [3.8, 4) is 5.75 Å². The van der Waals surface area contributed by atoms with Crippen LogP contribution < -0.4 is 21.1 Å². The maximum absolute atomic E-state index is 11.5. The molecule has 4 N–H and O–H groups in total. The third-order valence-electron chi connectivity index (χ3n) is 2.36. The van der Waals surface area contributed by atoms with Crippen molar-refractivity contribution >= 4 is 46.8 Å². The Kier molecular flexibility index (Phi) is 4.21. The second-order valence-electron chi connectivity index (χ2n) is 3.91. The lowest BCUT2D eigenvalue weighted by atomic mass is 10.2. The molecule has 2 amide bonds. The minimum absolute atomic E-state index is 0.252. The molecule has 1 fully saturated rings. The molecule has 1 aromatic rings. The van der Waals surface area contributed by atoms with Gasteiger partial charge < -0.3 is 15.8 Å². The molecule has 8 heteroatoms. The topological polar surface area (TPSA) is 93.5 Å². The first-order valence-electron chi connectivity index (χ1n) is 5.50. The molecule has 0 bridgehead atoms. The fourth-order valence-electron chi connectivity index (χ4n) is 1.52. The van der Waals surface area contributed by atoms with Gasteiger partial charge in [0.05, 0.1) is 5.02 Å². The molecule has 0 saturated carbocycles. The molecule has 0 atom stereocenters. The van der Waals surface area contributed by atoms with Crippen molar-refractivity contribution in [2.24, 2.45) is 5.73 Å². The lowest BCUT2D eigenvalue weighted by Crippen LogP contribution is -2.21. The van der Waals surface area contributed by atoms with Gasteiger partial charge in [-0.15, -0.1) is 0 Å². The molecule has 20 heavy (non-hydrogen) atoms. The predicted octanol–water partition coefficient (Wildman–Crippen LogP) is 0.549. The summed E-state index contributed by atoms with van der Waals surface area (Å²) in [6.45, 7) is -0.252. The zero-order chi connectivity index (χ0) is 14.7. The van der Waals surface area contributed by atoms with Gasteiger partial charge in [-0.2, -0.15) is 0 Å². The van der Waals surface area contributed by atoms with Crippen LogP contribution in [-0.2, 0) is 9.59 Å². The van der Waals surface area contributed by atoms with Gasteiger partial charge in [0.15, 0.2) is 11.7 Å². The lowest BCUT2D eigenvalue weighted by molar-refractivity contribution is -0.120. The van der Waals surface area contributed by atoms with E-state index in [0.717, 1.165) is 0 Å². The first-order chi connectivity index (χ1) is 9.45. The Morgan fingerprint density at radius 2 is 2.20 bits per heavy atom. The first kappa shape index (κ1) is 14.3. The number of benzene rings is 1. The van der Waals surface area contributed by atoms with Gasteiger partial charge >= 0.3 is 0 Å². The number of halogens is 1. The molecule has 1 aliphatic rings. The summed E-state index contributed by atoms with van der Waals surface area (Å²) in [5, 5.41) is 5.74. The number of rotatable bonds is 4. The fourth-order valence-corrected chi connectivity index (χ4v) is 1.97. The normalized spacial score (nSPS) is 15.9. The van der Waals surface area contributed by atoms with E-state index >= 15 is 0 Å². The number of carbonyl (C=O) groups is 2. The first-order valence-corrected chi connectivity index (χ1v) is 6.29. The molecule has 0 aromatic heterocycles. The Balaban J connectivity index is 2.17. The van der Waals surface area contributed by atoms with E-state index in [4.69, 9.17) is 34.3 Å². The van der Waals surface area contributed by atoms with E-state index in [0.29, 0.717) is 22.0 Å². The van der Waals surface area contributed by atoms with Gasteiger partial charge in [-0.05, 0) is 36.0 Å². The second kappa shape index (κ2) is 5.89. The molecule has 1 heterocycles. The number of hydrogen-bond acceptors (Lipinski definition) is 4. The number of amides is 2. The van der Waals surface area contributed by atoms with Gasteiger partial charge in [-0.1, -0.05) is 17.7 Å². The van der Waals surface area contributed by atoms with Gasteiger partial charge in [-0.25, -0.2) is 0 Å². The zero-order valence-electron chi connectivity index (χ0n) is 10.1. The zero-order valence-corrected chi connectivity index (χ0v) is 11.7. The van der Waals surface area contributed by atoms with Crippen LogP contribution in [0, 0.1) is 0 Å². The SMILES string of the molecule is NC(=O)COc1ccc(C=C2NC(=S)NC2=O)cc1Cl. The average Bonchev–Trinajstić information content (AvgIpc) is 2.66. The van der Waals surface area contributed by atoms with Gasteiger partial charge in [-0.3, -0.25) is 14.9 Å². The molecule has 0 aliphatic carbocycles. The summed E-state index contributed by atoms with van der Waals surface area (Å²) in [7, 11) is 0. The van der Waals surface area contributed by atoms with Crippen molar-refractivity contribution in [2.75, 3.05) is 6.61 Å². The fraction of sp³-hybridized carbons (Fsp3) is 0.0833. The van der Waals surface area contributed by atoms with E-state index < -0.39 is 5.91 Å². The lowest BCUT2D eigenvalue weighted by Gasteiger charge is -2.06. The Hall–Kier alpha value is -2.12. The maximum atomic E-state index is 11.5. The summed E-state index contributed by atoms with van der Waals surface area (Å²) in [5.41, 5.74) is 5.99. The minimum Gasteiger partial charge on any atom is -0.482 e. The largest absolute Gasteiger partial charge is 0.482 e. The van der Waals surface area contributed by atoms with Crippen LogP contribution >= 0.6 is 23.8 Å². The van der Waals surface area contributed by atoms with Crippen LogP contribution in [0.1, 0.15) is 5.56 Å². The molecule has 0 radical (unpaired) electrons. The minimum atomic E-state index is -0.590. The van der Waals surface area contributed by atoms with E-state index in [1.54, 1.807) is 24.3 Å². The molecular formula is C12H10ClN3O3S. The molecule has 1 aliphatic heterocycles. The third-order valence-corrected chi connectivity index (χ3v) is 2.86. The Morgan fingerprint density at radius 3 is 2.75 bits per heavy atom. The van der Waals surface area contributed by atoms with Crippen molar-refractivity contribution in [1.29, 1.82) is 0 Å². The highest BCUT2D eigenvalue weighted by Crippen LogP contribution is 2.26. The number of nitrogens with one attached hydrogen (secondary N) is 2. The number of thiocarbonyl (C=S) groups is 1. The molecule has 1 saturated heterocycles. The van der Waals surface area contributed by atoms with Crippen LogP contribution in [-0.4, -0.2) is 23.5 Å². The Labute approximate surface area is 124 Å². The van der Waals surface area contributed by atoms with Gasteiger partial charge in [0, 0.05) is 0 Å². The monoisotopic (exact) mass is 311 g/mol. The number of hydrogen-bond donors (Lipinski definition) is 3. The summed E-state index contributed by atoms with van der Waals surface area (Å²) in [6.07, 6.45) is 1.60. The highest BCUT2D eigenvalue weighted by Gasteiger charge is 2.19. The van der Waals surface area contributed by atoms with Gasteiger partial charge in [0.1, 0.15) is 11.4 Å². The summed E-state index contributed by atoms with van der Waals surface area (Å²) in [4.78, 5) is 22.1. The smallest absolute Gasteiger partial charge is 0.273 e. The molecule has 0 spiro atoms. The second-order valence-corrected chi connectivity index (χ2v) is 4.73. The van der Waals surface area contributed by atoms with Crippen LogP contribution in [0.2, 0.25) is 5.02 Å².